The fourth-order valence-corrected chi connectivity index (χ4v) is 1.95. The number of aliphatic hydroxyl groups is 1. The molecule has 4 nitrogen and oxygen atoms in total. The lowest BCUT2D eigenvalue weighted by atomic mass is 10.1. The second kappa shape index (κ2) is 4.86. The number of benzene rings is 1. The number of nitrogens with zero attached hydrogens (tertiary/aromatic N) is 3. The van der Waals surface area contributed by atoms with Crippen LogP contribution in [0, 0.1) is 12.7 Å². The van der Waals surface area contributed by atoms with E-state index in [1.165, 1.54) is 6.07 Å². The fourth-order valence-electron chi connectivity index (χ4n) is 1.95. The Morgan fingerprint density at radius 1 is 1.33 bits per heavy atom. The van der Waals surface area contributed by atoms with Gasteiger partial charge in [0.1, 0.15) is 12.4 Å². The standard InChI is InChI=1S/C13H16FN3O/c1-8(2)17-12(7-18)15-16-13(17)10-4-5-11(14)9(3)6-10/h4-6,8,18H,7H2,1-3H3. The molecule has 0 spiro atoms. The summed E-state index contributed by atoms with van der Waals surface area (Å²) in [6, 6.07) is 4.96. The van der Waals surface area contributed by atoms with Gasteiger partial charge in [0.2, 0.25) is 0 Å². The van der Waals surface area contributed by atoms with E-state index < -0.39 is 0 Å². The van der Waals surface area contributed by atoms with E-state index in [1.807, 2.05) is 18.4 Å². The predicted octanol–water partition coefficient (Wildman–Crippen LogP) is 2.47. The minimum Gasteiger partial charge on any atom is -0.388 e. The van der Waals surface area contributed by atoms with Gasteiger partial charge in [-0.3, -0.25) is 0 Å². The van der Waals surface area contributed by atoms with Gasteiger partial charge in [0.05, 0.1) is 0 Å². The largest absolute Gasteiger partial charge is 0.388 e. The molecule has 18 heavy (non-hydrogen) atoms. The zero-order valence-electron chi connectivity index (χ0n) is 10.7. The van der Waals surface area contributed by atoms with Gasteiger partial charge in [-0.15, -0.1) is 10.2 Å². The molecule has 1 N–H and O–H groups in total. The lowest BCUT2D eigenvalue weighted by Crippen LogP contribution is -2.08. The van der Waals surface area contributed by atoms with Gasteiger partial charge in [-0.2, -0.15) is 0 Å². The number of aromatic nitrogens is 3. The Kier molecular flexibility index (Phi) is 3.43. The van der Waals surface area contributed by atoms with Crippen LogP contribution in [0.3, 0.4) is 0 Å². The van der Waals surface area contributed by atoms with Crippen molar-refractivity contribution in [3.05, 3.63) is 35.4 Å². The summed E-state index contributed by atoms with van der Waals surface area (Å²) in [4.78, 5) is 0. The van der Waals surface area contributed by atoms with Crippen molar-refractivity contribution in [1.82, 2.24) is 14.8 Å². The Balaban J connectivity index is 2.56. The summed E-state index contributed by atoms with van der Waals surface area (Å²) < 4.78 is 15.1. The first-order chi connectivity index (χ1) is 8.54. The Morgan fingerprint density at radius 3 is 2.61 bits per heavy atom. The molecule has 0 radical (unpaired) electrons. The molecule has 1 aromatic heterocycles. The highest BCUT2D eigenvalue weighted by Crippen LogP contribution is 2.24. The molecule has 2 aromatic rings. The van der Waals surface area contributed by atoms with Crippen molar-refractivity contribution in [3.63, 3.8) is 0 Å². The molecule has 0 aliphatic carbocycles. The lowest BCUT2D eigenvalue weighted by Gasteiger charge is -2.13. The molecule has 0 unspecified atom stereocenters. The minimum absolute atomic E-state index is 0.127. The van der Waals surface area contributed by atoms with E-state index in [4.69, 9.17) is 0 Å². The third kappa shape index (κ3) is 2.13. The lowest BCUT2D eigenvalue weighted by molar-refractivity contribution is 0.262. The molecule has 0 aliphatic rings. The first-order valence-corrected chi connectivity index (χ1v) is 5.85. The third-order valence-electron chi connectivity index (χ3n) is 2.84. The van der Waals surface area contributed by atoms with E-state index in [9.17, 15) is 9.50 Å². The van der Waals surface area contributed by atoms with Crippen molar-refractivity contribution in [3.8, 4) is 11.4 Å². The molecule has 96 valence electrons. The highest BCUT2D eigenvalue weighted by atomic mass is 19.1. The third-order valence-corrected chi connectivity index (χ3v) is 2.84. The molecule has 0 saturated carbocycles. The number of hydrogen-bond donors (Lipinski definition) is 1. The van der Waals surface area contributed by atoms with E-state index in [0.717, 1.165) is 5.56 Å². The van der Waals surface area contributed by atoms with Crippen molar-refractivity contribution in [2.45, 2.75) is 33.4 Å². The summed E-state index contributed by atoms with van der Waals surface area (Å²) in [5.74, 6) is 0.927. The van der Waals surface area contributed by atoms with Gasteiger partial charge in [-0.1, -0.05) is 0 Å². The second-order valence-electron chi connectivity index (χ2n) is 4.53. The zero-order chi connectivity index (χ0) is 13.3. The number of aryl methyl sites for hydroxylation is 1. The highest BCUT2D eigenvalue weighted by molar-refractivity contribution is 5.56. The topological polar surface area (TPSA) is 50.9 Å². The van der Waals surface area contributed by atoms with Crippen molar-refractivity contribution in [1.29, 1.82) is 0 Å². The Bertz CT molecular complexity index is 563. The van der Waals surface area contributed by atoms with Gasteiger partial charge >= 0.3 is 0 Å². The summed E-state index contributed by atoms with van der Waals surface area (Å²) in [5, 5.41) is 17.3. The maximum absolute atomic E-state index is 13.3. The van der Waals surface area contributed by atoms with Crippen LogP contribution in [0.2, 0.25) is 0 Å². The molecule has 1 aromatic carbocycles. The Hall–Kier alpha value is -1.75. The van der Waals surface area contributed by atoms with E-state index in [1.54, 1.807) is 19.1 Å². The fraction of sp³-hybridized carbons (Fsp3) is 0.385. The van der Waals surface area contributed by atoms with Crippen molar-refractivity contribution < 1.29 is 9.50 Å². The molecule has 0 fully saturated rings. The average Bonchev–Trinajstić information content (AvgIpc) is 2.76. The zero-order valence-corrected chi connectivity index (χ0v) is 10.7. The van der Waals surface area contributed by atoms with Crippen LogP contribution >= 0.6 is 0 Å². The molecule has 2 rings (SSSR count). The van der Waals surface area contributed by atoms with Crippen LogP contribution < -0.4 is 0 Å². The molecule has 0 aliphatic heterocycles. The normalized spacial score (nSPS) is 11.2. The van der Waals surface area contributed by atoms with Crippen LogP contribution in [-0.4, -0.2) is 19.9 Å². The van der Waals surface area contributed by atoms with Gasteiger partial charge in [0.25, 0.3) is 0 Å². The van der Waals surface area contributed by atoms with E-state index in [2.05, 4.69) is 10.2 Å². The predicted molar refractivity (Wildman–Crippen MR) is 66.5 cm³/mol. The van der Waals surface area contributed by atoms with E-state index in [-0.39, 0.29) is 18.5 Å². The maximum Gasteiger partial charge on any atom is 0.164 e. The van der Waals surface area contributed by atoms with Gasteiger partial charge in [0.15, 0.2) is 11.6 Å². The first kappa shape index (κ1) is 12.7. The van der Waals surface area contributed by atoms with Crippen LogP contribution in [0.15, 0.2) is 18.2 Å². The second-order valence-corrected chi connectivity index (χ2v) is 4.53. The van der Waals surface area contributed by atoms with Crippen LogP contribution in [-0.2, 0) is 6.61 Å². The van der Waals surface area contributed by atoms with Gasteiger partial charge in [-0.05, 0) is 44.5 Å². The molecule has 0 saturated heterocycles. The molecule has 0 atom stereocenters. The van der Waals surface area contributed by atoms with Crippen LogP contribution in [0.1, 0.15) is 31.3 Å². The van der Waals surface area contributed by atoms with Gasteiger partial charge in [0, 0.05) is 11.6 Å². The molecule has 1 heterocycles. The summed E-state index contributed by atoms with van der Waals surface area (Å²) in [6.07, 6.45) is 0. The van der Waals surface area contributed by atoms with E-state index in [0.29, 0.717) is 17.2 Å². The Morgan fingerprint density at radius 2 is 2.06 bits per heavy atom. The van der Waals surface area contributed by atoms with Crippen LogP contribution in [0.4, 0.5) is 4.39 Å². The van der Waals surface area contributed by atoms with Crippen molar-refractivity contribution >= 4 is 0 Å². The SMILES string of the molecule is Cc1cc(-c2nnc(CO)n2C(C)C)ccc1F. The molecule has 0 bridgehead atoms. The summed E-state index contributed by atoms with van der Waals surface area (Å²) in [6.45, 7) is 5.53. The Labute approximate surface area is 105 Å². The maximum atomic E-state index is 13.3. The average molecular weight is 249 g/mol. The smallest absolute Gasteiger partial charge is 0.164 e. The van der Waals surface area contributed by atoms with Gasteiger partial charge in [-0.25, -0.2) is 4.39 Å². The molecular formula is C13H16FN3O. The summed E-state index contributed by atoms with van der Waals surface area (Å²) in [5.41, 5.74) is 1.37. The number of halogens is 1. The highest BCUT2D eigenvalue weighted by Gasteiger charge is 2.16. The van der Waals surface area contributed by atoms with Crippen molar-refractivity contribution in [2.24, 2.45) is 0 Å². The molecular weight excluding hydrogens is 233 g/mol. The number of aliphatic hydroxyl groups excluding tert-OH is 1. The number of rotatable bonds is 3. The minimum atomic E-state index is -0.239. The first-order valence-electron chi connectivity index (χ1n) is 5.85. The van der Waals surface area contributed by atoms with E-state index >= 15 is 0 Å². The summed E-state index contributed by atoms with van der Waals surface area (Å²) >= 11 is 0. The summed E-state index contributed by atoms with van der Waals surface area (Å²) in [7, 11) is 0. The molecule has 5 heteroatoms. The monoisotopic (exact) mass is 249 g/mol. The molecule has 0 amide bonds. The van der Waals surface area contributed by atoms with Crippen molar-refractivity contribution in [2.75, 3.05) is 0 Å². The number of hydrogen-bond acceptors (Lipinski definition) is 3. The van der Waals surface area contributed by atoms with Gasteiger partial charge < -0.3 is 9.67 Å². The quantitative estimate of drug-likeness (QED) is 0.909. The van der Waals surface area contributed by atoms with Crippen LogP contribution in [0.25, 0.3) is 11.4 Å². The van der Waals surface area contributed by atoms with Crippen LogP contribution in [0.5, 0.6) is 0 Å².